The van der Waals surface area contributed by atoms with E-state index in [-0.39, 0.29) is 24.8 Å². The van der Waals surface area contributed by atoms with E-state index in [1.54, 1.807) is 34.3 Å². The van der Waals surface area contributed by atoms with Gasteiger partial charge in [-0.3, -0.25) is 0 Å². The van der Waals surface area contributed by atoms with Crippen LogP contribution in [0.1, 0.15) is 66.5 Å². The molecule has 5 aromatic rings. The topological polar surface area (TPSA) is 174 Å². The van der Waals surface area contributed by atoms with Crippen molar-refractivity contribution >= 4 is 16.0 Å². The molecule has 4 heterocycles. The van der Waals surface area contributed by atoms with Gasteiger partial charge in [-0.2, -0.15) is 0 Å². The van der Waals surface area contributed by atoms with Crippen molar-refractivity contribution in [2.45, 2.75) is 102 Å². The molecule has 2 fully saturated rings. The van der Waals surface area contributed by atoms with Gasteiger partial charge in [0.05, 0.1) is 0 Å². The average Bonchev–Trinajstić information content (AvgIpc) is 3.89. The fourth-order valence-electron chi connectivity index (χ4n) is 8.90. The minimum absolute atomic E-state index is 0.0247. The number of hydrogen-bond donors (Lipinski definition) is 2. The summed E-state index contributed by atoms with van der Waals surface area (Å²) in [6.07, 6.45) is 1.05. The molecule has 7 rings (SSSR count). The van der Waals surface area contributed by atoms with Crippen LogP contribution in [-0.2, 0) is 28.5 Å². The summed E-state index contributed by atoms with van der Waals surface area (Å²) in [5, 5.41) is 0. The summed E-state index contributed by atoms with van der Waals surface area (Å²) in [6.45, 7) is 13.7. The average molecular weight is 903 g/mol. The molecule has 0 amide bonds. The number of nitrogens with zero attached hydrogens (tertiary/aromatic N) is 2. The van der Waals surface area contributed by atoms with Crippen molar-refractivity contribution in [1.82, 2.24) is 19.1 Å². The second-order valence-electron chi connectivity index (χ2n) is 17.4. The molecular formula is C46H59N4O11PSi. The third-order valence-corrected chi connectivity index (χ3v) is 18.7. The Kier molecular flexibility index (Phi) is 13.6. The fraction of sp³-hybridized carbons (Fsp3) is 0.435. The number of ether oxygens (including phenoxy) is 5. The van der Waals surface area contributed by atoms with Crippen molar-refractivity contribution in [2.75, 3.05) is 27.5 Å². The van der Waals surface area contributed by atoms with E-state index < -0.39 is 68.8 Å². The Morgan fingerprint density at radius 1 is 0.714 bits per heavy atom. The van der Waals surface area contributed by atoms with E-state index in [2.05, 4.69) is 29.6 Å². The maximum atomic E-state index is 13.5. The second-order valence-corrected chi connectivity index (χ2v) is 25.5. The molecule has 63 heavy (non-hydrogen) atoms. The van der Waals surface area contributed by atoms with Crippen LogP contribution in [0.4, 0.5) is 0 Å². The van der Waals surface area contributed by atoms with Crippen LogP contribution in [0, 0.1) is 13.8 Å². The number of rotatable bonds is 16. The Morgan fingerprint density at radius 2 is 1.19 bits per heavy atom. The van der Waals surface area contributed by atoms with Crippen LogP contribution < -0.4 is 32.0 Å². The van der Waals surface area contributed by atoms with Crippen molar-refractivity contribution in [3.8, 4) is 11.5 Å². The molecule has 15 nitrogen and oxygen atoms in total. The zero-order valence-corrected chi connectivity index (χ0v) is 39.3. The first-order valence-corrected chi connectivity index (χ1v) is 27.1. The fourth-order valence-corrected chi connectivity index (χ4v) is 16.9. The molecule has 2 saturated heterocycles. The molecule has 0 saturated carbocycles. The van der Waals surface area contributed by atoms with Gasteiger partial charge in [-0.15, -0.1) is 0 Å². The SMILES string of the molecule is CC[C@H]1O[C@@H](n2cc(C)c(=O)[nH]c2=O)CC1[PH](C)(OC[C@H]1O[C@@H](n2cc(C)c(=O)[nH]c2=O)CC1OC(c1ccccc1)(c1ccc(OC)cc1)c1ccc(OC)cc1)O[Si](C)(C)C. The molecule has 0 aliphatic carbocycles. The molecule has 17 heteroatoms. The number of aromatic amines is 2. The Morgan fingerprint density at radius 3 is 1.67 bits per heavy atom. The molecule has 338 valence electrons. The number of aryl methyl sites for hydroxylation is 2. The minimum atomic E-state index is -3.28. The van der Waals surface area contributed by atoms with E-state index in [0.717, 1.165) is 16.7 Å². The van der Waals surface area contributed by atoms with Crippen molar-refractivity contribution in [3.63, 3.8) is 0 Å². The predicted octanol–water partition coefficient (Wildman–Crippen LogP) is 6.53. The number of benzene rings is 3. The molecule has 6 atom stereocenters. The maximum absolute atomic E-state index is 13.5. The monoisotopic (exact) mass is 902 g/mol. The number of hydrogen-bond acceptors (Lipinski definition) is 11. The van der Waals surface area contributed by atoms with E-state index >= 15 is 0 Å². The van der Waals surface area contributed by atoms with E-state index in [1.807, 2.05) is 92.5 Å². The molecule has 0 bridgehead atoms. The van der Waals surface area contributed by atoms with E-state index in [0.29, 0.717) is 35.5 Å². The Labute approximate surface area is 367 Å². The number of nitrogens with one attached hydrogen (secondary N) is 2. The molecule has 2 N–H and O–H groups in total. The predicted molar refractivity (Wildman–Crippen MR) is 245 cm³/mol. The van der Waals surface area contributed by atoms with Crippen molar-refractivity contribution in [1.29, 1.82) is 0 Å². The molecule has 2 aliphatic heterocycles. The summed E-state index contributed by atoms with van der Waals surface area (Å²) in [6, 6.07) is 25.4. The number of aromatic nitrogens is 4. The third-order valence-electron chi connectivity index (χ3n) is 11.9. The summed E-state index contributed by atoms with van der Waals surface area (Å²) in [7, 11) is -2.34. The second kappa shape index (κ2) is 18.7. The van der Waals surface area contributed by atoms with E-state index in [4.69, 9.17) is 32.4 Å². The normalized spacial score (nSPS) is 22.0. The van der Waals surface area contributed by atoms with Crippen LogP contribution >= 0.6 is 7.72 Å². The van der Waals surface area contributed by atoms with E-state index in [1.165, 1.54) is 15.3 Å². The van der Waals surface area contributed by atoms with Crippen LogP contribution in [0.5, 0.6) is 11.5 Å². The number of methoxy groups -OCH3 is 2. The first-order chi connectivity index (χ1) is 30.0. The molecule has 2 aliphatic rings. The first-order valence-electron chi connectivity index (χ1n) is 21.3. The molecule has 0 radical (unpaired) electrons. The summed E-state index contributed by atoms with van der Waals surface area (Å²) < 4.78 is 49.4. The third kappa shape index (κ3) is 9.63. The van der Waals surface area contributed by atoms with Crippen molar-refractivity contribution < 1.29 is 32.4 Å². The van der Waals surface area contributed by atoms with Gasteiger partial charge < -0.3 is 0 Å². The van der Waals surface area contributed by atoms with Crippen LogP contribution in [0.3, 0.4) is 0 Å². The van der Waals surface area contributed by atoms with Gasteiger partial charge in [0, 0.05) is 0 Å². The molecule has 2 unspecified atom stereocenters. The van der Waals surface area contributed by atoms with Gasteiger partial charge in [-0.1, -0.05) is 0 Å². The standard InChI is InChI=1S/C46H59N4O11PSi/c1-10-36-39(25-41(58-36)50-27-30(3)43(52)48-45(50)54)62(6,61-63(7,8)9)57-28-38-37(24-40(59-38)49-26-29(2)42(51)47-44(49)53)60-46(31-14-12-11-13-15-31,32-16-20-34(55-4)21-17-32)33-18-22-35(56-5)23-19-33/h11-23,26-27,36-41,62H,10,24-25,28H2,1-9H3,(H,47,51,53)(H,48,52,54)/t36-,37?,38-,39?,40-,41-/m1/s1. The van der Waals surface area contributed by atoms with Gasteiger partial charge in [-0.25, -0.2) is 0 Å². The summed E-state index contributed by atoms with van der Waals surface area (Å²) in [5.41, 5.74) is -0.300. The van der Waals surface area contributed by atoms with Crippen LogP contribution in [0.25, 0.3) is 0 Å². The van der Waals surface area contributed by atoms with Gasteiger partial charge in [0.2, 0.25) is 0 Å². The quantitative estimate of drug-likeness (QED) is 0.0626. The number of H-pyrrole nitrogens is 2. The van der Waals surface area contributed by atoms with Crippen LogP contribution in [-0.4, -0.2) is 78.9 Å². The van der Waals surface area contributed by atoms with Crippen LogP contribution in [0.15, 0.2) is 110 Å². The zero-order chi connectivity index (χ0) is 45.3. The Balaban J connectivity index is 1.32. The Bertz CT molecular complexity index is 2560. The van der Waals surface area contributed by atoms with Gasteiger partial charge in [-0.05, 0) is 0 Å². The molecule has 3 aromatic carbocycles. The van der Waals surface area contributed by atoms with Gasteiger partial charge in [0.1, 0.15) is 0 Å². The molecule has 0 spiro atoms. The molecular weight excluding hydrogens is 844 g/mol. The van der Waals surface area contributed by atoms with Crippen molar-refractivity contribution in [2.24, 2.45) is 0 Å². The first kappa shape index (κ1) is 46.1. The van der Waals surface area contributed by atoms with Gasteiger partial charge in [0.15, 0.2) is 0 Å². The Hall–Kier alpha value is -4.93. The summed E-state index contributed by atoms with van der Waals surface area (Å²) >= 11 is 0. The van der Waals surface area contributed by atoms with Gasteiger partial charge >= 0.3 is 369 Å². The summed E-state index contributed by atoms with van der Waals surface area (Å²) in [5.74, 6) is 1.35. The van der Waals surface area contributed by atoms with E-state index in [9.17, 15) is 19.2 Å². The van der Waals surface area contributed by atoms with Crippen LogP contribution in [0.2, 0.25) is 19.6 Å². The van der Waals surface area contributed by atoms with Crippen molar-refractivity contribution in [3.05, 3.63) is 161 Å². The summed E-state index contributed by atoms with van der Waals surface area (Å²) in [4.78, 5) is 56.2. The van der Waals surface area contributed by atoms with Gasteiger partial charge in [0.25, 0.3) is 0 Å². The zero-order valence-electron chi connectivity index (χ0n) is 37.3. The molecule has 2 aromatic heterocycles.